The second-order valence-corrected chi connectivity index (χ2v) is 6.50. The summed E-state index contributed by atoms with van der Waals surface area (Å²) in [5, 5.41) is 7.42. The molecule has 0 saturated carbocycles. The van der Waals surface area contributed by atoms with Gasteiger partial charge in [-0.2, -0.15) is 5.10 Å². The number of rotatable bonds is 5. The number of aromatic nitrogens is 3. The highest BCUT2D eigenvalue weighted by molar-refractivity contribution is 5.96. The highest BCUT2D eigenvalue weighted by atomic mass is 16.5. The van der Waals surface area contributed by atoms with Crippen molar-refractivity contribution in [1.82, 2.24) is 19.9 Å². The summed E-state index contributed by atoms with van der Waals surface area (Å²) in [5.41, 5.74) is 9.10. The number of ether oxygens (including phenoxy) is 1. The third-order valence-corrected chi connectivity index (χ3v) is 4.52. The fourth-order valence-corrected chi connectivity index (χ4v) is 3.10. The van der Waals surface area contributed by atoms with Crippen molar-refractivity contribution in [3.8, 4) is 0 Å². The Bertz CT molecular complexity index is 1090. The Balaban J connectivity index is 1.75. The van der Waals surface area contributed by atoms with Gasteiger partial charge < -0.3 is 10.5 Å². The largest absolute Gasteiger partial charge is 0.453 e. The molecule has 0 fully saturated rings. The van der Waals surface area contributed by atoms with Crippen LogP contribution < -0.4 is 11.1 Å². The molecule has 9 nitrogen and oxygen atoms in total. The minimum absolute atomic E-state index is 0.0594. The lowest BCUT2D eigenvalue weighted by Crippen LogP contribution is -2.42. The van der Waals surface area contributed by atoms with Crippen LogP contribution >= 0.6 is 0 Å². The number of hydrogen-bond acceptors (Lipinski definition) is 6. The van der Waals surface area contributed by atoms with Crippen LogP contribution in [-0.2, 0) is 20.7 Å². The number of esters is 1. The van der Waals surface area contributed by atoms with Crippen molar-refractivity contribution < 1.29 is 19.1 Å². The van der Waals surface area contributed by atoms with Crippen LogP contribution in [0.5, 0.6) is 0 Å². The zero-order valence-electron chi connectivity index (χ0n) is 15.9. The van der Waals surface area contributed by atoms with Crippen molar-refractivity contribution in [3.63, 3.8) is 0 Å². The molecule has 3 rings (SSSR count). The van der Waals surface area contributed by atoms with Crippen LogP contribution in [0.25, 0.3) is 16.6 Å². The number of aryl methyl sites for hydroxylation is 2. The van der Waals surface area contributed by atoms with E-state index in [2.05, 4.69) is 10.1 Å². The van der Waals surface area contributed by atoms with Gasteiger partial charge in [0.2, 0.25) is 0 Å². The number of fused-ring (bicyclic) bond motifs is 3. The number of primary amides is 1. The molecule has 0 saturated heterocycles. The van der Waals surface area contributed by atoms with E-state index >= 15 is 0 Å². The molecule has 9 heteroatoms. The molecule has 0 aliphatic rings. The van der Waals surface area contributed by atoms with Crippen molar-refractivity contribution >= 4 is 34.5 Å². The molecule has 28 heavy (non-hydrogen) atoms. The molecule has 3 N–H and O–H groups in total. The van der Waals surface area contributed by atoms with Gasteiger partial charge in [0.05, 0.1) is 5.52 Å². The van der Waals surface area contributed by atoms with Crippen LogP contribution in [-0.4, -0.2) is 38.6 Å². The number of benzene rings is 1. The number of hydrogen-bond donors (Lipinski definition) is 2. The maximum absolute atomic E-state index is 12.1. The third kappa shape index (κ3) is 3.78. The standard InChI is InChI=1S/C19H21N5O4/c1-10-13(8-9-16(25)28-12(3)18(26)22-19(20)27)11(2)24-17(21-10)14-6-4-5-7-15(14)23-24/h4-7,12H,8-9H2,1-3H3,(H3,20,22,26,27). The minimum atomic E-state index is -1.11. The lowest BCUT2D eigenvalue weighted by molar-refractivity contribution is -0.154. The molecule has 3 aromatic rings. The number of carbonyl (C=O) groups is 3. The third-order valence-electron chi connectivity index (χ3n) is 4.52. The van der Waals surface area contributed by atoms with E-state index in [0.717, 1.165) is 33.5 Å². The summed E-state index contributed by atoms with van der Waals surface area (Å²) in [6.45, 7) is 5.19. The first-order valence-corrected chi connectivity index (χ1v) is 8.81. The molecule has 0 radical (unpaired) electrons. The Morgan fingerprint density at radius 3 is 2.68 bits per heavy atom. The van der Waals surface area contributed by atoms with Gasteiger partial charge in [-0.1, -0.05) is 12.1 Å². The van der Waals surface area contributed by atoms with Crippen molar-refractivity contribution in [3.05, 3.63) is 41.2 Å². The molecular weight excluding hydrogens is 362 g/mol. The maximum atomic E-state index is 12.1. The van der Waals surface area contributed by atoms with Gasteiger partial charge in [0.1, 0.15) is 0 Å². The van der Waals surface area contributed by atoms with Gasteiger partial charge in [0.25, 0.3) is 5.91 Å². The maximum Gasteiger partial charge on any atom is 0.318 e. The van der Waals surface area contributed by atoms with Crippen LogP contribution in [0.1, 0.15) is 30.3 Å². The molecule has 1 atom stereocenters. The smallest absolute Gasteiger partial charge is 0.318 e. The fourth-order valence-electron chi connectivity index (χ4n) is 3.10. The second-order valence-electron chi connectivity index (χ2n) is 6.50. The first kappa shape index (κ1) is 19.3. The molecule has 0 bridgehead atoms. The SMILES string of the molecule is Cc1nc2c3ccccc3nn2c(C)c1CCC(=O)OC(C)C(=O)NC(N)=O. The summed E-state index contributed by atoms with van der Waals surface area (Å²) in [6.07, 6.45) is -0.664. The number of nitrogens with zero attached hydrogens (tertiary/aromatic N) is 3. The monoisotopic (exact) mass is 383 g/mol. The van der Waals surface area contributed by atoms with Gasteiger partial charge in [-0.3, -0.25) is 14.9 Å². The summed E-state index contributed by atoms with van der Waals surface area (Å²) in [4.78, 5) is 39.0. The lowest BCUT2D eigenvalue weighted by Gasteiger charge is -2.13. The summed E-state index contributed by atoms with van der Waals surface area (Å²) in [5.74, 6) is -1.32. The van der Waals surface area contributed by atoms with E-state index in [0.29, 0.717) is 6.42 Å². The van der Waals surface area contributed by atoms with E-state index in [1.54, 1.807) is 4.52 Å². The molecule has 1 aromatic carbocycles. The summed E-state index contributed by atoms with van der Waals surface area (Å²) in [7, 11) is 0. The first-order chi connectivity index (χ1) is 13.3. The summed E-state index contributed by atoms with van der Waals surface area (Å²) >= 11 is 0. The summed E-state index contributed by atoms with van der Waals surface area (Å²) in [6, 6.07) is 6.76. The lowest BCUT2D eigenvalue weighted by atomic mass is 10.1. The Morgan fingerprint density at radius 2 is 1.96 bits per heavy atom. The van der Waals surface area contributed by atoms with Crippen molar-refractivity contribution in [2.75, 3.05) is 0 Å². The Morgan fingerprint density at radius 1 is 1.25 bits per heavy atom. The number of nitrogens with two attached hydrogens (primary N) is 1. The minimum Gasteiger partial charge on any atom is -0.453 e. The van der Waals surface area contributed by atoms with Gasteiger partial charge in [-0.15, -0.1) is 0 Å². The fraction of sp³-hybridized carbons (Fsp3) is 0.316. The van der Waals surface area contributed by atoms with Gasteiger partial charge in [0.15, 0.2) is 11.8 Å². The van der Waals surface area contributed by atoms with Crippen molar-refractivity contribution in [2.45, 2.75) is 39.7 Å². The molecule has 0 aliphatic heterocycles. The highest BCUT2D eigenvalue weighted by Gasteiger charge is 2.20. The average molecular weight is 383 g/mol. The molecule has 2 aromatic heterocycles. The molecule has 0 aliphatic carbocycles. The number of urea groups is 1. The van der Waals surface area contributed by atoms with Crippen LogP contribution in [0, 0.1) is 13.8 Å². The Labute approximate surface area is 160 Å². The van der Waals surface area contributed by atoms with Crippen LogP contribution in [0.15, 0.2) is 24.3 Å². The zero-order valence-corrected chi connectivity index (χ0v) is 15.9. The van der Waals surface area contributed by atoms with Gasteiger partial charge in [-0.05, 0) is 44.9 Å². The van der Waals surface area contributed by atoms with Crippen LogP contribution in [0.2, 0.25) is 0 Å². The number of imide groups is 1. The van der Waals surface area contributed by atoms with Gasteiger partial charge in [-0.25, -0.2) is 14.3 Å². The van der Waals surface area contributed by atoms with E-state index in [9.17, 15) is 14.4 Å². The number of carbonyl (C=O) groups excluding carboxylic acids is 3. The quantitative estimate of drug-likeness (QED) is 0.643. The van der Waals surface area contributed by atoms with E-state index in [-0.39, 0.29) is 6.42 Å². The van der Waals surface area contributed by atoms with E-state index in [1.807, 2.05) is 43.4 Å². The zero-order chi connectivity index (χ0) is 20.4. The molecular formula is C19H21N5O4. The van der Waals surface area contributed by atoms with Crippen molar-refractivity contribution in [1.29, 1.82) is 0 Å². The van der Waals surface area contributed by atoms with Gasteiger partial charge in [0, 0.05) is 23.2 Å². The van der Waals surface area contributed by atoms with Crippen LogP contribution in [0.3, 0.4) is 0 Å². The van der Waals surface area contributed by atoms with Crippen molar-refractivity contribution in [2.24, 2.45) is 5.73 Å². The predicted molar refractivity (Wildman–Crippen MR) is 102 cm³/mol. The van der Waals surface area contributed by atoms with E-state index in [4.69, 9.17) is 10.5 Å². The van der Waals surface area contributed by atoms with E-state index < -0.39 is 24.0 Å². The Kier molecular flexibility index (Phi) is 5.25. The molecule has 1 unspecified atom stereocenters. The molecule has 146 valence electrons. The number of nitrogens with one attached hydrogen (secondary N) is 1. The molecule has 0 spiro atoms. The first-order valence-electron chi connectivity index (χ1n) is 8.81. The molecule has 2 heterocycles. The highest BCUT2D eigenvalue weighted by Crippen LogP contribution is 2.23. The predicted octanol–water partition coefficient (Wildman–Crippen LogP) is 1.56. The summed E-state index contributed by atoms with van der Waals surface area (Å²) < 4.78 is 6.83. The topological polar surface area (TPSA) is 129 Å². The van der Waals surface area contributed by atoms with Gasteiger partial charge >= 0.3 is 12.0 Å². The Hall–Kier alpha value is -3.49. The molecule has 3 amide bonds. The normalized spacial score (nSPS) is 12.1. The van der Waals surface area contributed by atoms with E-state index in [1.165, 1.54) is 6.92 Å². The second kappa shape index (κ2) is 7.63. The number of amides is 3. The average Bonchev–Trinajstić information content (AvgIpc) is 3.00. The van der Waals surface area contributed by atoms with Crippen LogP contribution in [0.4, 0.5) is 4.79 Å².